The van der Waals surface area contributed by atoms with Gasteiger partial charge in [-0.1, -0.05) is 64.5 Å². The van der Waals surface area contributed by atoms with Crippen molar-refractivity contribution < 1.29 is 4.74 Å². The standard InChI is InChI=1S/C21H14BrN3O2/c22-13-8-5-12(6-9-13)16-15-10-7-11-3-1-2-4-14(11)18(15)27-20-17(16)19(26)24-21(23)25-20/h1-10,16H,(H3,23,24,25,26). The van der Waals surface area contributed by atoms with Crippen molar-refractivity contribution in [3.63, 3.8) is 0 Å². The molecule has 132 valence electrons. The van der Waals surface area contributed by atoms with E-state index in [1.807, 2.05) is 60.7 Å². The Hall–Kier alpha value is -3.12. The van der Waals surface area contributed by atoms with Gasteiger partial charge in [-0.3, -0.25) is 9.78 Å². The number of aromatic amines is 1. The van der Waals surface area contributed by atoms with Crippen LogP contribution in [-0.4, -0.2) is 9.97 Å². The zero-order valence-corrected chi connectivity index (χ0v) is 15.7. The van der Waals surface area contributed by atoms with Gasteiger partial charge in [-0.15, -0.1) is 0 Å². The van der Waals surface area contributed by atoms with Gasteiger partial charge in [-0.05, 0) is 23.1 Å². The van der Waals surface area contributed by atoms with Crippen molar-refractivity contribution in [3.8, 4) is 11.6 Å². The molecule has 0 radical (unpaired) electrons. The van der Waals surface area contributed by atoms with E-state index in [9.17, 15) is 4.79 Å². The van der Waals surface area contributed by atoms with Crippen LogP contribution in [0.4, 0.5) is 5.95 Å². The molecule has 2 heterocycles. The summed E-state index contributed by atoms with van der Waals surface area (Å²) in [4.78, 5) is 19.6. The Morgan fingerprint density at radius 2 is 1.81 bits per heavy atom. The van der Waals surface area contributed by atoms with Crippen LogP contribution in [0, 0.1) is 0 Å². The first-order valence-electron chi connectivity index (χ1n) is 8.46. The summed E-state index contributed by atoms with van der Waals surface area (Å²) in [6, 6.07) is 20.0. The number of rotatable bonds is 1. The fourth-order valence-corrected chi connectivity index (χ4v) is 3.93. The van der Waals surface area contributed by atoms with Crippen LogP contribution in [0.5, 0.6) is 11.6 Å². The number of ether oxygens (including phenoxy) is 1. The molecular weight excluding hydrogens is 406 g/mol. The van der Waals surface area contributed by atoms with Gasteiger partial charge in [-0.25, -0.2) is 0 Å². The van der Waals surface area contributed by atoms with Gasteiger partial charge in [0.05, 0.1) is 5.56 Å². The summed E-state index contributed by atoms with van der Waals surface area (Å²) in [5.41, 5.74) is 7.86. The number of nitrogens with two attached hydrogens (primary N) is 1. The lowest BCUT2D eigenvalue weighted by molar-refractivity contribution is 0.436. The molecule has 1 aliphatic rings. The molecule has 0 aliphatic carbocycles. The number of hydrogen-bond acceptors (Lipinski definition) is 4. The third-order valence-corrected chi connectivity index (χ3v) is 5.38. The number of fused-ring (bicyclic) bond motifs is 4. The first kappa shape index (κ1) is 16.1. The molecule has 5 nitrogen and oxygen atoms in total. The van der Waals surface area contributed by atoms with E-state index in [4.69, 9.17) is 10.5 Å². The van der Waals surface area contributed by atoms with Crippen molar-refractivity contribution in [2.24, 2.45) is 0 Å². The third kappa shape index (κ3) is 2.52. The van der Waals surface area contributed by atoms with Gasteiger partial charge in [0.25, 0.3) is 5.56 Å². The Morgan fingerprint density at radius 1 is 1.04 bits per heavy atom. The lowest BCUT2D eigenvalue weighted by atomic mass is 9.83. The number of nitrogens with zero attached hydrogens (tertiary/aromatic N) is 1. The number of nitrogens with one attached hydrogen (secondary N) is 1. The van der Waals surface area contributed by atoms with Crippen molar-refractivity contribution in [3.05, 3.63) is 92.2 Å². The predicted octanol–water partition coefficient (Wildman–Crippen LogP) is 4.55. The normalized spacial score (nSPS) is 15.1. The number of anilines is 1. The lowest BCUT2D eigenvalue weighted by Crippen LogP contribution is -2.25. The average Bonchev–Trinajstić information content (AvgIpc) is 2.67. The molecule has 1 aliphatic heterocycles. The molecule has 3 aromatic carbocycles. The minimum absolute atomic E-state index is 0.0389. The second-order valence-electron chi connectivity index (χ2n) is 6.46. The van der Waals surface area contributed by atoms with Gasteiger partial charge >= 0.3 is 0 Å². The summed E-state index contributed by atoms with van der Waals surface area (Å²) >= 11 is 3.47. The highest BCUT2D eigenvalue weighted by Gasteiger charge is 2.33. The van der Waals surface area contributed by atoms with Gasteiger partial charge in [0, 0.05) is 21.3 Å². The predicted molar refractivity (Wildman–Crippen MR) is 108 cm³/mol. The molecule has 0 fully saturated rings. The van der Waals surface area contributed by atoms with Crippen LogP contribution in [0.2, 0.25) is 0 Å². The Kier molecular flexibility index (Phi) is 3.55. The average molecular weight is 420 g/mol. The maximum absolute atomic E-state index is 12.7. The molecule has 1 aromatic heterocycles. The van der Waals surface area contributed by atoms with E-state index in [1.165, 1.54) is 0 Å². The first-order valence-corrected chi connectivity index (χ1v) is 9.26. The van der Waals surface area contributed by atoms with Crippen LogP contribution in [0.3, 0.4) is 0 Å². The van der Waals surface area contributed by atoms with Gasteiger partial charge < -0.3 is 10.5 Å². The highest BCUT2D eigenvalue weighted by molar-refractivity contribution is 9.10. The van der Waals surface area contributed by atoms with Crippen molar-refractivity contribution in [2.45, 2.75) is 5.92 Å². The molecule has 0 saturated heterocycles. The SMILES string of the molecule is Nc1nc2c(c(=O)[nH]1)C(c1ccc(Br)cc1)c1ccc3ccccc3c1O2. The van der Waals surface area contributed by atoms with Crippen LogP contribution < -0.4 is 16.0 Å². The highest BCUT2D eigenvalue weighted by atomic mass is 79.9. The van der Waals surface area contributed by atoms with E-state index in [-0.39, 0.29) is 23.3 Å². The lowest BCUT2D eigenvalue weighted by Gasteiger charge is -2.28. The molecule has 0 bridgehead atoms. The quantitative estimate of drug-likeness (QED) is 0.417. The second-order valence-corrected chi connectivity index (χ2v) is 7.38. The van der Waals surface area contributed by atoms with Gasteiger partial charge in [-0.2, -0.15) is 4.98 Å². The van der Waals surface area contributed by atoms with E-state index in [1.54, 1.807) is 0 Å². The van der Waals surface area contributed by atoms with Crippen LogP contribution in [-0.2, 0) is 0 Å². The van der Waals surface area contributed by atoms with Crippen molar-refractivity contribution >= 4 is 32.7 Å². The zero-order chi connectivity index (χ0) is 18.5. The van der Waals surface area contributed by atoms with Crippen LogP contribution in [0.15, 0.2) is 69.9 Å². The van der Waals surface area contributed by atoms with Gasteiger partial charge in [0.15, 0.2) is 0 Å². The maximum Gasteiger partial charge on any atom is 0.260 e. The third-order valence-electron chi connectivity index (χ3n) is 4.85. The van der Waals surface area contributed by atoms with Crippen molar-refractivity contribution in [2.75, 3.05) is 5.73 Å². The molecule has 6 heteroatoms. The molecule has 0 spiro atoms. The summed E-state index contributed by atoms with van der Waals surface area (Å²) in [5, 5.41) is 2.04. The fourth-order valence-electron chi connectivity index (χ4n) is 3.67. The fraction of sp³-hybridized carbons (Fsp3) is 0.0476. The van der Waals surface area contributed by atoms with Crippen molar-refractivity contribution in [1.29, 1.82) is 0 Å². The Morgan fingerprint density at radius 3 is 2.63 bits per heavy atom. The van der Waals surface area contributed by atoms with E-state index in [0.29, 0.717) is 11.3 Å². The molecule has 27 heavy (non-hydrogen) atoms. The Balaban J connectivity index is 1.86. The number of aromatic nitrogens is 2. The molecule has 1 unspecified atom stereocenters. The Labute approximate surface area is 163 Å². The highest BCUT2D eigenvalue weighted by Crippen LogP contribution is 2.48. The van der Waals surface area contributed by atoms with Gasteiger partial charge in [0.1, 0.15) is 5.75 Å². The van der Waals surface area contributed by atoms with E-state index >= 15 is 0 Å². The largest absolute Gasteiger partial charge is 0.437 e. The van der Waals surface area contributed by atoms with E-state index in [0.717, 1.165) is 26.4 Å². The van der Waals surface area contributed by atoms with Crippen LogP contribution >= 0.6 is 15.9 Å². The number of hydrogen-bond donors (Lipinski definition) is 2. The molecule has 1 atom stereocenters. The second kappa shape index (κ2) is 5.96. The van der Waals surface area contributed by atoms with Crippen LogP contribution in [0.25, 0.3) is 10.8 Å². The van der Waals surface area contributed by atoms with Gasteiger partial charge in [0.2, 0.25) is 11.8 Å². The monoisotopic (exact) mass is 419 g/mol. The summed E-state index contributed by atoms with van der Waals surface area (Å²) in [7, 11) is 0. The molecule has 5 rings (SSSR count). The first-order chi connectivity index (χ1) is 13.1. The molecule has 4 aromatic rings. The summed E-state index contributed by atoms with van der Waals surface area (Å²) in [5.74, 6) is 0.717. The zero-order valence-electron chi connectivity index (χ0n) is 14.1. The molecule has 0 amide bonds. The number of H-pyrrole nitrogens is 1. The topological polar surface area (TPSA) is 81.0 Å². The molecule has 3 N–H and O–H groups in total. The minimum Gasteiger partial charge on any atom is -0.437 e. The summed E-state index contributed by atoms with van der Waals surface area (Å²) < 4.78 is 7.08. The van der Waals surface area contributed by atoms with Crippen LogP contribution in [0.1, 0.15) is 22.6 Å². The van der Waals surface area contributed by atoms with E-state index < -0.39 is 0 Å². The summed E-state index contributed by atoms with van der Waals surface area (Å²) in [6.07, 6.45) is 0. The molecule has 0 saturated carbocycles. The molecular formula is C21H14BrN3O2. The number of benzene rings is 3. The number of nitrogen functional groups attached to an aromatic ring is 1. The smallest absolute Gasteiger partial charge is 0.260 e. The maximum atomic E-state index is 12.7. The van der Waals surface area contributed by atoms with E-state index in [2.05, 4.69) is 25.9 Å². The number of halogens is 1. The Bertz CT molecular complexity index is 1250. The minimum atomic E-state index is -0.293. The summed E-state index contributed by atoms with van der Waals surface area (Å²) in [6.45, 7) is 0. The van der Waals surface area contributed by atoms with Crippen molar-refractivity contribution in [1.82, 2.24) is 9.97 Å².